The van der Waals surface area contributed by atoms with Crippen LogP contribution in [0.2, 0.25) is 5.02 Å². The van der Waals surface area contributed by atoms with Crippen LogP contribution in [0.3, 0.4) is 0 Å². The molecule has 1 atom stereocenters. The van der Waals surface area contributed by atoms with Crippen molar-refractivity contribution in [3.8, 4) is 5.75 Å². The summed E-state index contributed by atoms with van der Waals surface area (Å²) in [5, 5.41) is -0.0234. The Labute approximate surface area is 196 Å². The summed E-state index contributed by atoms with van der Waals surface area (Å²) >= 11 is 6.10. The smallest absolute Gasteiger partial charge is 0.417 e. The third-order valence-electron chi connectivity index (χ3n) is 6.40. The lowest BCUT2D eigenvalue weighted by Crippen LogP contribution is -2.42. The summed E-state index contributed by atoms with van der Waals surface area (Å²) in [7, 11) is 0. The van der Waals surface area contributed by atoms with Gasteiger partial charge in [0.1, 0.15) is 11.6 Å². The van der Waals surface area contributed by atoms with Crippen LogP contribution < -0.4 is 9.64 Å². The summed E-state index contributed by atoms with van der Waals surface area (Å²) in [6, 6.07) is 8.92. The molecule has 0 saturated carbocycles. The number of carbonyl (C=O) groups is 1. The number of ether oxygens (including phenoxy) is 1. The van der Waals surface area contributed by atoms with Gasteiger partial charge in [-0.05, 0) is 56.4 Å². The molecule has 1 unspecified atom stereocenters. The highest BCUT2D eigenvalue weighted by Crippen LogP contribution is 2.37. The third kappa shape index (κ3) is 5.21. The number of benzene rings is 1. The SMILES string of the molecule is CCOc1ccc(C2CCCN2C(=O)C2CCN(c3ncc(C(F)(F)F)cc3Cl)CC2)cc1. The first kappa shape index (κ1) is 23.7. The van der Waals surface area contributed by atoms with E-state index < -0.39 is 11.7 Å². The van der Waals surface area contributed by atoms with Gasteiger partial charge < -0.3 is 14.5 Å². The second-order valence-electron chi connectivity index (χ2n) is 8.48. The normalized spacial score (nSPS) is 19.7. The topological polar surface area (TPSA) is 45.7 Å². The van der Waals surface area contributed by atoms with Gasteiger partial charge in [-0.15, -0.1) is 0 Å². The summed E-state index contributed by atoms with van der Waals surface area (Å²) in [5.74, 6) is 1.19. The van der Waals surface area contributed by atoms with Crippen LogP contribution in [-0.2, 0) is 11.0 Å². The monoisotopic (exact) mass is 481 g/mol. The molecule has 33 heavy (non-hydrogen) atoms. The van der Waals surface area contributed by atoms with Gasteiger partial charge in [-0.1, -0.05) is 23.7 Å². The summed E-state index contributed by atoms with van der Waals surface area (Å²) in [6.45, 7) is 4.34. The predicted octanol–water partition coefficient (Wildman–Crippen LogP) is 5.73. The Morgan fingerprint density at radius 3 is 2.45 bits per heavy atom. The molecule has 0 radical (unpaired) electrons. The van der Waals surface area contributed by atoms with Gasteiger partial charge in [0.05, 0.1) is 23.2 Å². The van der Waals surface area contributed by atoms with E-state index in [4.69, 9.17) is 16.3 Å². The maximum Gasteiger partial charge on any atom is 0.417 e. The fourth-order valence-electron chi connectivity index (χ4n) is 4.72. The van der Waals surface area contributed by atoms with E-state index in [0.717, 1.165) is 43.0 Å². The van der Waals surface area contributed by atoms with Crippen molar-refractivity contribution in [2.45, 2.75) is 44.8 Å². The maximum atomic E-state index is 13.3. The van der Waals surface area contributed by atoms with E-state index in [9.17, 15) is 18.0 Å². The number of anilines is 1. The van der Waals surface area contributed by atoms with Gasteiger partial charge in [0.2, 0.25) is 5.91 Å². The van der Waals surface area contributed by atoms with Crippen molar-refractivity contribution < 1.29 is 22.7 Å². The van der Waals surface area contributed by atoms with Crippen LogP contribution in [0, 0.1) is 5.92 Å². The average molecular weight is 482 g/mol. The van der Waals surface area contributed by atoms with Crippen LogP contribution in [0.25, 0.3) is 0 Å². The molecular weight excluding hydrogens is 455 g/mol. The largest absolute Gasteiger partial charge is 0.494 e. The highest BCUT2D eigenvalue weighted by Gasteiger charge is 2.36. The highest BCUT2D eigenvalue weighted by atomic mass is 35.5. The lowest BCUT2D eigenvalue weighted by atomic mass is 9.94. The van der Waals surface area contributed by atoms with Gasteiger partial charge in [0.25, 0.3) is 0 Å². The number of likely N-dealkylation sites (tertiary alicyclic amines) is 1. The lowest BCUT2D eigenvalue weighted by molar-refractivity contribution is -0.138. The molecule has 1 aromatic heterocycles. The molecular formula is C24H27ClF3N3O2. The van der Waals surface area contributed by atoms with E-state index in [1.165, 1.54) is 0 Å². The Morgan fingerprint density at radius 2 is 1.85 bits per heavy atom. The number of rotatable bonds is 5. The molecule has 1 amide bonds. The molecule has 3 heterocycles. The van der Waals surface area contributed by atoms with E-state index >= 15 is 0 Å². The summed E-state index contributed by atoms with van der Waals surface area (Å²) < 4.78 is 44.1. The summed E-state index contributed by atoms with van der Waals surface area (Å²) in [4.78, 5) is 21.1. The fourth-order valence-corrected chi connectivity index (χ4v) is 5.01. The zero-order valence-electron chi connectivity index (χ0n) is 18.4. The predicted molar refractivity (Wildman–Crippen MR) is 120 cm³/mol. The van der Waals surface area contributed by atoms with Crippen LogP contribution in [0.4, 0.5) is 19.0 Å². The number of amides is 1. The summed E-state index contributed by atoms with van der Waals surface area (Å²) in [5.41, 5.74) is 0.248. The molecule has 4 rings (SSSR count). The van der Waals surface area contributed by atoms with Crippen molar-refractivity contribution in [1.29, 1.82) is 0 Å². The number of carbonyl (C=O) groups excluding carboxylic acids is 1. The standard InChI is InChI=1S/C24H27ClF3N3O2/c1-2-33-19-7-5-16(6-8-19)21-4-3-11-31(21)23(32)17-9-12-30(13-10-17)22-20(25)14-18(15-29-22)24(26,27)28/h5-8,14-15,17,21H,2-4,9-13H2,1H3. The van der Waals surface area contributed by atoms with Crippen LogP contribution >= 0.6 is 11.6 Å². The van der Waals surface area contributed by atoms with Crippen molar-refractivity contribution >= 4 is 23.3 Å². The lowest BCUT2D eigenvalue weighted by Gasteiger charge is -2.36. The molecule has 5 nitrogen and oxygen atoms in total. The quantitative estimate of drug-likeness (QED) is 0.547. The number of halogens is 4. The molecule has 178 valence electrons. The number of aromatic nitrogens is 1. The Bertz CT molecular complexity index is 976. The van der Waals surface area contributed by atoms with Crippen molar-refractivity contribution in [2.24, 2.45) is 5.92 Å². The highest BCUT2D eigenvalue weighted by molar-refractivity contribution is 6.33. The maximum absolute atomic E-state index is 13.3. The minimum absolute atomic E-state index is 0.0234. The van der Waals surface area contributed by atoms with Crippen molar-refractivity contribution in [2.75, 3.05) is 31.1 Å². The van der Waals surface area contributed by atoms with Crippen LogP contribution in [0.5, 0.6) is 5.75 Å². The van der Waals surface area contributed by atoms with Gasteiger partial charge in [0, 0.05) is 31.7 Å². The molecule has 2 saturated heterocycles. The first-order valence-corrected chi connectivity index (χ1v) is 11.7. The van der Waals surface area contributed by atoms with Crippen LogP contribution in [0.15, 0.2) is 36.5 Å². The van der Waals surface area contributed by atoms with Crippen LogP contribution in [-0.4, -0.2) is 42.0 Å². The number of hydrogen-bond acceptors (Lipinski definition) is 4. The second kappa shape index (κ2) is 9.79. The van der Waals surface area contributed by atoms with E-state index in [1.54, 1.807) is 0 Å². The summed E-state index contributed by atoms with van der Waals surface area (Å²) in [6.07, 6.45) is -0.541. The van der Waals surface area contributed by atoms with E-state index in [-0.39, 0.29) is 22.9 Å². The average Bonchev–Trinajstić information content (AvgIpc) is 3.29. The van der Waals surface area contributed by atoms with Crippen LogP contribution in [0.1, 0.15) is 49.8 Å². The van der Waals surface area contributed by atoms with E-state index in [1.807, 2.05) is 41.0 Å². The number of hydrogen-bond donors (Lipinski definition) is 0. The molecule has 2 aromatic rings. The minimum Gasteiger partial charge on any atom is -0.494 e. The Hall–Kier alpha value is -2.48. The van der Waals surface area contributed by atoms with Crippen molar-refractivity contribution in [1.82, 2.24) is 9.88 Å². The molecule has 2 aliphatic heterocycles. The zero-order valence-corrected chi connectivity index (χ0v) is 19.2. The van der Waals surface area contributed by atoms with Gasteiger partial charge >= 0.3 is 6.18 Å². The number of alkyl halides is 3. The first-order valence-electron chi connectivity index (χ1n) is 11.3. The van der Waals surface area contributed by atoms with Crippen molar-refractivity contribution in [3.05, 3.63) is 52.7 Å². The number of piperidine rings is 1. The molecule has 9 heteroatoms. The number of nitrogens with zero attached hydrogens (tertiary/aromatic N) is 3. The Morgan fingerprint density at radius 1 is 1.15 bits per heavy atom. The number of pyridine rings is 1. The second-order valence-corrected chi connectivity index (χ2v) is 8.89. The first-order chi connectivity index (χ1) is 15.8. The van der Waals surface area contributed by atoms with Gasteiger partial charge in [-0.25, -0.2) is 4.98 Å². The van der Waals surface area contributed by atoms with E-state index in [0.29, 0.717) is 38.4 Å². The third-order valence-corrected chi connectivity index (χ3v) is 6.68. The Balaban J connectivity index is 1.39. The molecule has 1 aromatic carbocycles. The Kier molecular flexibility index (Phi) is 7.02. The molecule has 2 fully saturated rings. The molecule has 0 aliphatic carbocycles. The fraction of sp³-hybridized carbons (Fsp3) is 0.500. The van der Waals surface area contributed by atoms with Gasteiger partial charge in [-0.2, -0.15) is 13.2 Å². The molecule has 0 N–H and O–H groups in total. The molecule has 2 aliphatic rings. The van der Waals surface area contributed by atoms with E-state index in [2.05, 4.69) is 4.98 Å². The minimum atomic E-state index is -4.48. The molecule has 0 spiro atoms. The van der Waals surface area contributed by atoms with Gasteiger partial charge in [-0.3, -0.25) is 4.79 Å². The molecule has 0 bridgehead atoms. The van der Waals surface area contributed by atoms with Crippen molar-refractivity contribution in [3.63, 3.8) is 0 Å². The zero-order chi connectivity index (χ0) is 23.6. The van der Waals surface area contributed by atoms with Gasteiger partial charge in [0.15, 0.2) is 0 Å².